The normalized spacial score (nSPS) is 28.9. The second kappa shape index (κ2) is 5.95. The lowest BCUT2D eigenvalue weighted by Gasteiger charge is -2.13. The Morgan fingerprint density at radius 3 is 2.67 bits per heavy atom. The van der Waals surface area contributed by atoms with E-state index in [4.69, 9.17) is 14.0 Å². The largest absolute Gasteiger partial charge is 0.387 e. The molecule has 21 heavy (non-hydrogen) atoms. The lowest BCUT2D eigenvalue weighted by atomic mass is 10.1. The highest BCUT2D eigenvalue weighted by Gasteiger charge is 2.45. The summed E-state index contributed by atoms with van der Waals surface area (Å²) in [4.78, 5) is 0. The first kappa shape index (κ1) is 14.2. The molecule has 1 saturated heterocycles. The van der Waals surface area contributed by atoms with Crippen molar-refractivity contribution in [2.24, 2.45) is 0 Å². The van der Waals surface area contributed by atoms with Crippen LogP contribution in [0, 0.1) is 0 Å². The Balaban J connectivity index is 1.81. The maximum Gasteiger partial charge on any atom is 0.186 e. The van der Waals surface area contributed by atoms with Crippen molar-refractivity contribution in [1.82, 2.24) is 5.16 Å². The van der Waals surface area contributed by atoms with Crippen LogP contribution < -0.4 is 0 Å². The quantitative estimate of drug-likeness (QED) is 0.888. The van der Waals surface area contributed by atoms with Crippen LogP contribution in [0.4, 0.5) is 0 Å². The summed E-state index contributed by atoms with van der Waals surface area (Å²) >= 11 is 0. The third-order valence-electron chi connectivity index (χ3n) is 3.43. The van der Waals surface area contributed by atoms with Crippen LogP contribution in [-0.2, 0) is 9.47 Å². The van der Waals surface area contributed by atoms with Crippen molar-refractivity contribution < 1.29 is 24.2 Å². The van der Waals surface area contributed by atoms with Crippen molar-refractivity contribution in [3.05, 3.63) is 42.1 Å². The predicted molar refractivity (Wildman–Crippen MR) is 73.2 cm³/mol. The van der Waals surface area contributed by atoms with Crippen molar-refractivity contribution in [3.8, 4) is 11.3 Å². The molecule has 0 spiro atoms. The van der Waals surface area contributed by atoms with E-state index in [1.807, 2.05) is 30.3 Å². The third-order valence-corrected chi connectivity index (χ3v) is 3.43. The number of aliphatic hydroxyl groups excluding tert-OH is 2. The average Bonchev–Trinajstić information content (AvgIpc) is 3.09. The van der Waals surface area contributed by atoms with Crippen molar-refractivity contribution in [3.63, 3.8) is 0 Å². The fourth-order valence-electron chi connectivity index (χ4n) is 2.35. The van der Waals surface area contributed by atoms with Gasteiger partial charge in [0.2, 0.25) is 0 Å². The molecule has 1 aromatic heterocycles. The molecular formula is C15H17NO5. The van der Waals surface area contributed by atoms with E-state index in [0.29, 0.717) is 18.1 Å². The summed E-state index contributed by atoms with van der Waals surface area (Å²) in [6.45, 7) is 2.18. The molecule has 0 amide bonds. The molecule has 4 atom stereocenters. The maximum atomic E-state index is 10.1. The molecule has 0 bridgehead atoms. The van der Waals surface area contributed by atoms with Gasteiger partial charge in [0.25, 0.3) is 0 Å². The molecule has 0 aliphatic carbocycles. The van der Waals surface area contributed by atoms with Crippen LogP contribution in [-0.4, -0.2) is 40.5 Å². The van der Waals surface area contributed by atoms with Gasteiger partial charge in [-0.05, 0) is 6.92 Å². The molecule has 2 heterocycles. The standard InChI is InChI=1S/C15H17NO5/c1-2-19-15-13(18)12(17)14(20-15)10-8-11(21-16-10)9-6-4-3-5-7-9/h3-8,12-15,17-18H,2H2,1H3/t12-,13-,14-,15+/m1/s1. The molecule has 1 aliphatic heterocycles. The first-order chi connectivity index (χ1) is 10.2. The molecule has 6 heteroatoms. The van der Waals surface area contributed by atoms with Crippen molar-refractivity contribution in [2.75, 3.05) is 6.61 Å². The van der Waals surface area contributed by atoms with Gasteiger partial charge in [0.05, 0.1) is 0 Å². The smallest absolute Gasteiger partial charge is 0.186 e. The van der Waals surface area contributed by atoms with Crippen LogP contribution in [0.3, 0.4) is 0 Å². The van der Waals surface area contributed by atoms with Crippen LogP contribution >= 0.6 is 0 Å². The molecule has 1 aromatic carbocycles. The average molecular weight is 291 g/mol. The zero-order valence-corrected chi connectivity index (χ0v) is 11.5. The van der Waals surface area contributed by atoms with Gasteiger partial charge < -0.3 is 24.2 Å². The molecule has 112 valence electrons. The van der Waals surface area contributed by atoms with E-state index in [1.165, 1.54) is 0 Å². The molecule has 1 aliphatic rings. The monoisotopic (exact) mass is 291 g/mol. The lowest BCUT2D eigenvalue weighted by molar-refractivity contribution is -0.164. The Hall–Kier alpha value is -1.73. The second-order valence-corrected chi connectivity index (χ2v) is 4.84. The minimum absolute atomic E-state index is 0.384. The van der Waals surface area contributed by atoms with Crippen molar-refractivity contribution in [2.45, 2.75) is 31.5 Å². The number of aromatic nitrogens is 1. The summed E-state index contributed by atoms with van der Waals surface area (Å²) in [6, 6.07) is 11.2. The van der Waals surface area contributed by atoms with Crippen LogP contribution in [0.5, 0.6) is 0 Å². The van der Waals surface area contributed by atoms with Gasteiger partial charge in [0, 0.05) is 18.2 Å². The van der Waals surface area contributed by atoms with Crippen molar-refractivity contribution >= 4 is 0 Å². The van der Waals surface area contributed by atoms with Gasteiger partial charge in [-0.3, -0.25) is 0 Å². The van der Waals surface area contributed by atoms with Gasteiger partial charge in [-0.2, -0.15) is 0 Å². The van der Waals surface area contributed by atoms with E-state index >= 15 is 0 Å². The van der Waals surface area contributed by atoms with Gasteiger partial charge in [-0.1, -0.05) is 35.5 Å². The number of hydrogen-bond donors (Lipinski definition) is 2. The molecule has 6 nitrogen and oxygen atoms in total. The van der Waals surface area contributed by atoms with E-state index in [0.717, 1.165) is 5.56 Å². The summed E-state index contributed by atoms with van der Waals surface area (Å²) in [5.41, 5.74) is 1.31. The van der Waals surface area contributed by atoms with Gasteiger partial charge in [-0.15, -0.1) is 0 Å². The number of nitrogens with zero attached hydrogens (tertiary/aromatic N) is 1. The lowest BCUT2D eigenvalue weighted by Crippen LogP contribution is -2.32. The number of aliphatic hydroxyl groups is 2. The third kappa shape index (κ3) is 2.71. The van der Waals surface area contributed by atoms with E-state index in [9.17, 15) is 10.2 Å². The first-order valence-electron chi connectivity index (χ1n) is 6.86. The minimum atomic E-state index is -1.10. The predicted octanol–water partition coefficient (Wildman–Crippen LogP) is 1.50. The summed E-state index contributed by atoms with van der Waals surface area (Å²) in [5, 5.41) is 23.9. The molecule has 2 aromatic rings. The Morgan fingerprint density at radius 2 is 1.95 bits per heavy atom. The second-order valence-electron chi connectivity index (χ2n) is 4.84. The van der Waals surface area contributed by atoms with Gasteiger partial charge in [0.15, 0.2) is 12.1 Å². The van der Waals surface area contributed by atoms with Gasteiger partial charge in [-0.25, -0.2) is 0 Å². The maximum absolute atomic E-state index is 10.1. The summed E-state index contributed by atoms with van der Waals surface area (Å²) in [6.07, 6.45) is -3.83. The number of ether oxygens (including phenoxy) is 2. The van der Waals surface area contributed by atoms with Crippen LogP contribution in [0.25, 0.3) is 11.3 Å². The van der Waals surface area contributed by atoms with Crippen molar-refractivity contribution in [1.29, 1.82) is 0 Å². The zero-order valence-electron chi connectivity index (χ0n) is 11.5. The highest BCUT2D eigenvalue weighted by molar-refractivity contribution is 5.57. The van der Waals surface area contributed by atoms with Gasteiger partial charge >= 0.3 is 0 Å². The highest BCUT2D eigenvalue weighted by Crippen LogP contribution is 2.35. The Bertz CT molecular complexity index is 585. The number of benzene rings is 1. The molecule has 1 fully saturated rings. The summed E-state index contributed by atoms with van der Waals surface area (Å²) < 4.78 is 16.0. The Kier molecular flexibility index (Phi) is 4.03. The number of hydrogen-bond acceptors (Lipinski definition) is 6. The van der Waals surface area contributed by atoms with E-state index in [-0.39, 0.29) is 0 Å². The SMILES string of the molecule is CCO[C@H]1O[C@H](c2cc(-c3ccccc3)on2)[C@H](O)[C@H]1O. The van der Waals surface area contributed by atoms with E-state index < -0.39 is 24.6 Å². The van der Waals surface area contributed by atoms with Crippen LogP contribution in [0.1, 0.15) is 18.7 Å². The summed E-state index contributed by atoms with van der Waals surface area (Å²) in [5.74, 6) is 0.579. The summed E-state index contributed by atoms with van der Waals surface area (Å²) in [7, 11) is 0. The molecule has 2 N–H and O–H groups in total. The fourth-order valence-corrected chi connectivity index (χ4v) is 2.35. The zero-order chi connectivity index (χ0) is 14.8. The van der Waals surface area contributed by atoms with Gasteiger partial charge in [0.1, 0.15) is 24.0 Å². The van der Waals surface area contributed by atoms with E-state index in [2.05, 4.69) is 5.16 Å². The molecule has 0 unspecified atom stereocenters. The van der Waals surface area contributed by atoms with Crippen LogP contribution in [0.15, 0.2) is 40.9 Å². The van der Waals surface area contributed by atoms with E-state index in [1.54, 1.807) is 13.0 Å². The Morgan fingerprint density at radius 1 is 1.19 bits per heavy atom. The molecule has 3 rings (SSSR count). The fraction of sp³-hybridized carbons (Fsp3) is 0.400. The Labute approximate surface area is 121 Å². The van der Waals surface area contributed by atoms with Crippen LogP contribution in [0.2, 0.25) is 0 Å². The topological polar surface area (TPSA) is 85.0 Å². The molecule has 0 saturated carbocycles. The number of rotatable bonds is 4. The highest BCUT2D eigenvalue weighted by atomic mass is 16.7. The molecule has 0 radical (unpaired) electrons. The molecular weight excluding hydrogens is 274 g/mol. The minimum Gasteiger partial charge on any atom is -0.387 e. The first-order valence-corrected chi connectivity index (χ1v) is 6.86.